The molecule has 0 atom stereocenters. The van der Waals surface area contributed by atoms with Gasteiger partial charge in [0, 0.05) is 4.90 Å². The topological polar surface area (TPSA) is 12.0 Å². The van der Waals surface area contributed by atoms with Gasteiger partial charge < -0.3 is 5.32 Å². The molecule has 1 rings (SSSR count). The fourth-order valence-corrected chi connectivity index (χ4v) is 1.95. The minimum absolute atomic E-state index is 1.08. The molecule has 0 saturated carbocycles. The Labute approximate surface area is 84.9 Å². The highest BCUT2D eigenvalue weighted by molar-refractivity contribution is 7.99. The molecule has 0 spiro atoms. The molecule has 72 valence electrons. The maximum Gasteiger partial charge on any atom is 0.00719 e. The van der Waals surface area contributed by atoms with Gasteiger partial charge in [0.15, 0.2) is 0 Å². The summed E-state index contributed by atoms with van der Waals surface area (Å²) in [6, 6.07) is 10.6. The molecule has 1 aromatic rings. The van der Waals surface area contributed by atoms with Crippen LogP contribution in [0.1, 0.15) is 13.3 Å². The lowest BCUT2D eigenvalue weighted by atomic mass is 10.4. The quantitative estimate of drug-likeness (QED) is 0.553. The van der Waals surface area contributed by atoms with Crippen LogP contribution in [0, 0.1) is 0 Å². The molecule has 0 saturated heterocycles. The summed E-state index contributed by atoms with van der Waals surface area (Å²) in [6.07, 6.45) is 1.24. The fourth-order valence-electron chi connectivity index (χ4n) is 1.08. The molecule has 0 unspecified atom stereocenters. The maximum atomic E-state index is 3.32. The van der Waals surface area contributed by atoms with Crippen LogP contribution >= 0.6 is 11.8 Å². The van der Waals surface area contributed by atoms with E-state index in [1.54, 1.807) is 0 Å². The Bertz CT molecular complexity index is 211. The molecule has 1 aromatic carbocycles. The molecule has 0 aromatic heterocycles. The van der Waals surface area contributed by atoms with Crippen molar-refractivity contribution >= 4 is 11.8 Å². The average molecular weight is 195 g/mol. The van der Waals surface area contributed by atoms with Crippen molar-refractivity contribution in [1.29, 1.82) is 0 Å². The number of rotatable bonds is 6. The van der Waals surface area contributed by atoms with Gasteiger partial charge in [-0.2, -0.15) is 0 Å². The third kappa shape index (κ3) is 4.96. The molecular formula is C11H17NS. The third-order valence-corrected chi connectivity index (χ3v) is 2.86. The van der Waals surface area contributed by atoms with Crippen LogP contribution in [0.15, 0.2) is 35.2 Å². The summed E-state index contributed by atoms with van der Waals surface area (Å²) in [6.45, 7) is 4.36. The van der Waals surface area contributed by atoms with Gasteiger partial charge in [-0.15, -0.1) is 11.8 Å². The molecule has 1 N–H and O–H groups in total. The van der Waals surface area contributed by atoms with Crippen molar-refractivity contribution in [1.82, 2.24) is 5.32 Å². The molecule has 2 heteroatoms. The number of benzene rings is 1. The van der Waals surface area contributed by atoms with Crippen molar-refractivity contribution in [2.45, 2.75) is 18.2 Å². The molecule has 0 bridgehead atoms. The van der Waals surface area contributed by atoms with E-state index in [-0.39, 0.29) is 0 Å². The van der Waals surface area contributed by atoms with Gasteiger partial charge >= 0.3 is 0 Å². The van der Waals surface area contributed by atoms with E-state index in [0.717, 1.165) is 13.1 Å². The summed E-state index contributed by atoms with van der Waals surface area (Å²) in [5.41, 5.74) is 0. The van der Waals surface area contributed by atoms with Crippen LogP contribution < -0.4 is 5.32 Å². The second kappa shape index (κ2) is 6.98. The summed E-state index contributed by atoms with van der Waals surface area (Å²) in [7, 11) is 0. The van der Waals surface area contributed by atoms with Crippen molar-refractivity contribution in [3.63, 3.8) is 0 Å². The Balaban J connectivity index is 2.07. The number of hydrogen-bond donors (Lipinski definition) is 1. The molecule has 0 aliphatic heterocycles. The lowest BCUT2D eigenvalue weighted by Gasteiger charge is -2.01. The fraction of sp³-hybridized carbons (Fsp3) is 0.455. The van der Waals surface area contributed by atoms with E-state index in [9.17, 15) is 0 Å². The average Bonchev–Trinajstić information content (AvgIpc) is 2.19. The van der Waals surface area contributed by atoms with Crippen LogP contribution in [0.3, 0.4) is 0 Å². The lowest BCUT2D eigenvalue weighted by Crippen LogP contribution is -2.14. The van der Waals surface area contributed by atoms with Gasteiger partial charge in [0.1, 0.15) is 0 Å². The number of thioether (sulfide) groups is 1. The van der Waals surface area contributed by atoms with Crippen molar-refractivity contribution in [2.75, 3.05) is 18.8 Å². The first-order valence-electron chi connectivity index (χ1n) is 4.82. The number of nitrogens with one attached hydrogen (secondary N) is 1. The molecule has 0 heterocycles. The van der Waals surface area contributed by atoms with E-state index >= 15 is 0 Å². The molecule has 0 amide bonds. The summed E-state index contributed by atoms with van der Waals surface area (Å²) >= 11 is 1.93. The SMILES string of the molecule is CCNCCCSc1ccccc1. The molecule has 0 aliphatic carbocycles. The number of hydrogen-bond acceptors (Lipinski definition) is 2. The molecule has 0 aliphatic rings. The van der Waals surface area contributed by atoms with Gasteiger partial charge in [0.25, 0.3) is 0 Å². The maximum absolute atomic E-state index is 3.32. The summed E-state index contributed by atoms with van der Waals surface area (Å²) < 4.78 is 0. The molecular weight excluding hydrogens is 178 g/mol. The lowest BCUT2D eigenvalue weighted by molar-refractivity contribution is 0.707. The summed E-state index contributed by atoms with van der Waals surface area (Å²) in [5, 5.41) is 3.32. The smallest absolute Gasteiger partial charge is 0.00719 e. The minimum Gasteiger partial charge on any atom is -0.317 e. The van der Waals surface area contributed by atoms with Crippen molar-refractivity contribution in [3.05, 3.63) is 30.3 Å². The standard InChI is InChI=1S/C11H17NS/c1-2-12-9-6-10-13-11-7-4-3-5-8-11/h3-5,7-8,12H,2,6,9-10H2,1H3. The highest BCUT2D eigenvalue weighted by Gasteiger charge is 1.91. The molecule has 0 fully saturated rings. The highest BCUT2D eigenvalue weighted by Crippen LogP contribution is 2.17. The third-order valence-electron chi connectivity index (χ3n) is 1.76. The van der Waals surface area contributed by atoms with Crippen molar-refractivity contribution in [3.8, 4) is 0 Å². The first kappa shape index (κ1) is 10.6. The second-order valence-corrected chi connectivity index (χ2v) is 4.04. The van der Waals surface area contributed by atoms with Crippen LogP contribution in [0.4, 0.5) is 0 Å². The Hall–Kier alpha value is -0.470. The Morgan fingerprint density at radius 3 is 2.69 bits per heavy atom. The van der Waals surface area contributed by atoms with Gasteiger partial charge in [-0.05, 0) is 37.4 Å². The zero-order valence-corrected chi connectivity index (χ0v) is 8.94. The Morgan fingerprint density at radius 1 is 1.23 bits per heavy atom. The van der Waals surface area contributed by atoms with Gasteiger partial charge in [0.05, 0.1) is 0 Å². The van der Waals surface area contributed by atoms with E-state index in [0.29, 0.717) is 0 Å². The van der Waals surface area contributed by atoms with Crippen LogP contribution in [0.5, 0.6) is 0 Å². The Morgan fingerprint density at radius 2 is 2.00 bits per heavy atom. The van der Waals surface area contributed by atoms with Crippen molar-refractivity contribution in [2.24, 2.45) is 0 Å². The zero-order chi connectivity index (χ0) is 9.36. The van der Waals surface area contributed by atoms with Crippen LogP contribution in [0.2, 0.25) is 0 Å². The largest absolute Gasteiger partial charge is 0.317 e. The van der Waals surface area contributed by atoms with E-state index < -0.39 is 0 Å². The monoisotopic (exact) mass is 195 g/mol. The van der Waals surface area contributed by atoms with Crippen LogP contribution in [0.25, 0.3) is 0 Å². The van der Waals surface area contributed by atoms with Crippen molar-refractivity contribution < 1.29 is 0 Å². The van der Waals surface area contributed by atoms with Gasteiger partial charge in [0.2, 0.25) is 0 Å². The molecule has 13 heavy (non-hydrogen) atoms. The summed E-state index contributed by atoms with van der Waals surface area (Å²) in [5.74, 6) is 1.21. The van der Waals surface area contributed by atoms with Gasteiger partial charge in [-0.25, -0.2) is 0 Å². The van der Waals surface area contributed by atoms with Crippen LogP contribution in [-0.4, -0.2) is 18.8 Å². The normalized spacial score (nSPS) is 10.2. The van der Waals surface area contributed by atoms with Crippen LogP contribution in [-0.2, 0) is 0 Å². The first-order valence-corrected chi connectivity index (χ1v) is 5.80. The molecule has 0 radical (unpaired) electrons. The van der Waals surface area contributed by atoms with E-state index in [1.807, 2.05) is 11.8 Å². The van der Waals surface area contributed by atoms with E-state index in [1.165, 1.54) is 17.1 Å². The van der Waals surface area contributed by atoms with E-state index in [2.05, 4.69) is 42.6 Å². The van der Waals surface area contributed by atoms with Gasteiger partial charge in [-0.1, -0.05) is 25.1 Å². The Kier molecular flexibility index (Phi) is 5.70. The second-order valence-electron chi connectivity index (χ2n) is 2.87. The zero-order valence-electron chi connectivity index (χ0n) is 8.12. The first-order chi connectivity index (χ1) is 6.43. The predicted octanol–water partition coefficient (Wildman–Crippen LogP) is 2.78. The highest BCUT2D eigenvalue weighted by atomic mass is 32.2. The van der Waals surface area contributed by atoms with E-state index in [4.69, 9.17) is 0 Å². The predicted molar refractivity (Wildman–Crippen MR) is 60.3 cm³/mol. The minimum atomic E-state index is 1.08. The molecule has 1 nitrogen and oxygen atoms in total. The summed E-state index contributed by atoms with van der Waals surface area (Å²) in [4.78, 5) is 1.37. The van der Waals surface area contributed by atoms with Gasteiger partial charge in [-0.3, -0.25) is 0 Å².